The number of aromatic nitrogens is 1. The summed E-state index contributed by atoms with van der Waals surface area (Å²) in [4.78, 5) is 23.7. The number of anilines is 2. The Hall–Kier alpha value is -2.63. The molecule has 0 aliphatic heterocycles. The molecule has 0 saturated heterocycles. The lowest BCUT2D eigenvalue weighted by Crippen LogP contribution is -2.34. The minimum absolute atomic E-state index is 0.0146. The molecule has 0 unspecified atom stereocenters. The molecule has 0 aliphatic carbocycles. The molecule has 116 valence electrons. The summed E-state index contributed by atoms with van der Waals surface area (Å²) in [5.74, 6) is 0.800. The summed E-state index contributed by atoms with van der Waals surface area (Å²) < 4.78 is 4.92. The summed E-state index contributed by atoms with van der Waals surface area (Å²) >= 11 is 0. The van der Waals surface area contributed by atoms with Crippen LogP contribution < -0.4 is 10.6 Å². The van der Waals surface area contributed by atoms with Crippen molar-refractivity contribution in [3.63, 3.8) is 0 Å². The Balaban J connectivity index is 2.06. The van der Waals surface area contributed by atoms with Gasteiger partial charge in [-0.1, -0.05) is 24.2 Å². The quantitative estimate of drug-likeness (QED) is 0.801. The molecule has 1 aromatic heterocycles. The minimum atomic E-state index is -0.431. The Kier molecular flexibility index (Phi) is 4.93. The predicted molar refractivity (Wildman–Crippen MR) is 84.0 cm³/mol. The van der Waals surface area contributed by atoms with E-state index in [1.165, 1.54) is 6.92 Å². The SMILES string of the molecule is CC[C@H](Nc1cccc(C(C)=O)c1)C(=O)Nc1cc(C)on1. The lowest BCUT2D eigenvalue weighted by atomic mass is 10.1. The van der Waals surface area contributed by atoms with Gasteiger partial charge < -0.3 is 15.2 Å². The molecule has 6 nitrogen and oxygen atoms in total. The smallest absolute Gasteiger partial charge is 0.248 e. The third-order valence-corrected chi connectivity index (χ3v) is 3.21. The van der Waals surface area contributed by atoms with E-state index in [9.17, 15) is 9.59 Å². The summed E-state index contributed by atoms with van der Waals surface area (Å²) in [6.07, 6.45) is 0.590. The Morgan fingerprint density at radius 3 is 2.68 bits per heavy atom. The van der Waals surface area contributed by atoms with E-state index in [0.29, 0.717) is 23.6 Å². The Morgan fingerprint density at radius 1 is 1.32 bits per heavy atom. The van der Waals surface area contributed by atoms with Gasteiger partial charge in [-0.2, -0.15) is 0 Å². The summed E-state index contributed by atoms with van der Waals surface area (Å²) in [7, 11) is 0. The molecular weight excluding hydrogens is 282 g/mol. The molecule has 0 radical (unpaired) electrons. The van der Waals surface area contributed by atoms with Crippen LogP contribution in [0, 0.1) is 6.92 Å². The fourth-order valence-corrected chi connectivity index (χ4v) is 2.02. The lowest BCUT2D eigenvalue weighted by molar-refractivity contribution is -0.117. The maximum Gasteiger partial charge on any atom is 0.248 e. The van der Waals surface area contributed by atoms with Crippen LogP contribution in [0.2, 0.25) is 0 Å². The van der Waals surface area contributed by atoms with Crippen molar-refractivity contribution in [2.75, 3.05) is 10.6 Å². The van der Waals surface area contributed by atoms with Crippen molar-refractivity contribution in [3.8, 4) is 0 Å². The van der Waals surface area contributed by atoms with E-state index in [1.807, 2.05) is 13.0 Å². The van der Waals surface area contributed by atoms with E-state index in [-0.39, 0.29) is 11.7 Å². The first-order valence-electron chi connectivity index (χ1n) is 7.11. The molecule has 0 bridgehead atoms. The second-order valence-electron chi connectivity index (χ2n) is 5.05. The topological polar surface area (TPSA) is 84.2 Å². The summed E-state index contributed by atoms with van der Waals surface area (Å²) in [5.41, 5.74) is 1.33. The van der Waals surface area contributed by atoms with Crippen molar-refractivity contribution < 1.29 is 14.1 Å². The molecule has 0 saturated carbocycles. The summed E-state index contributed by atoms with van der Waals surface area (Å²) in [5, 5.41) is 9.56. The number of Topliss-reactive ketones (excluding diaryl/α,β-unsaturated/α-hetero) is 1. The monoisotopic (exact) mass is 301 g/mol. The van der Waals surface area contributed by atoms with Crippen LogP contribution in [-0.4, -0.2) is 22.9 Å². The van der Waals surface area contributed by atoms with Crippen LogP contribution in [0.1, 0.15) is 36.4 Å². The van der Waals surface area contributed by atoms with Crippen molar-refractivity contribution in [1.29, 1.82) is 0 Å². The van der Waals surface area contributed by atoms with Gasteiger partial charge >= 0.3 is 0 Å². The highest BCUT2D eigenvalue weighted by molar-refractivity contribution is 5.97. The van der Waals surface area contributed by atoms with E-state index >= 15 is 0 Å². The number of benzene rings is 1. The standard InChI is InChI=1S/C16H19N3O3/c1-4-14(16(21)18-15-8-10(2)22-19-15)17-13-7-5-6-12(9-13)11(3)20/h5-9,14,17H,4H2,1-3H3,(H,18,19,21)/t14-/m0/s1. The largest absolute Gasteiger partial charge is 0.374 e. The van der Waals surface area contributed by atoms with E-state index in [0.717, 1.165) is 5.69 Å². The van der Waals surface area contributed by atoms with E-state index < -0.39 is 6.04 Å². The van der Waals surface area contributed by atoms with Crippen molar-refractivity contribution in [2.24, 2.45) is 0 Å². The zero-order valence-corrected chi connectivity index (χ0v) is 12.8. The van der Waals surface area contributed by atoms with Crippen molar-refractivity contribution >= 4 is 23.2 Å². The molecule has 0 aliphatic rings. The van der Waals surface area contributed by atoms with Gasteiger partial charge in [-0.05, 0) is 32.4 Å². The second-order valence-corrected chi connectivity index (χ2v) is 5.05. The van der Waals surface area contributed by atoms with Crippen LogP contribution in [0.5, 0.6) is 0 Å². The number of nitrogens with zero attached hydrogens (tertiary/aromatic N) is 1. The number of carbonyl (C=O) groups is 2. The highest BCUT2D eigenvalue weighted by atomic mass is 16.5. The number of rotatable bonds is 6. The van der Waals surface area contributed by atoms with Gasteiger partial charge in [0.2, 0.25) is 5.91 Å². The zero-order valence-electron chi connectivity index (χ0n) is 12.8. The Morgan fingerprint density at radius 2 is 2.09 bits per heavy atom. The zero-order chi connectivity index (χ0) is 16.1. The molecule has 1 heterocycles. The van der Waals surface area contributed by atoms with E-state index in [1.54, 1.807) is 31.2 Å². The fourth-order valence-electron chi connectivity index (χ4n) is 2.02. The molecular formula is C16H19N3O3. The Labute approximate surface area is 128 Å². The Bertz CT molecular complexity index is 679. The molecule has 2 N–H and O–H groups in total. The third-order valence-electron chi connectivity index (χ3n) is 3.21. The summed E-state index contributed by atoms with van der Waals surface area (Å²) in [6, 6.07) is 8.30. The van der Waals surface area contributed by atoms with E-state index in [4.69, 9.17) is 4.52 Å². The molecule has 0 fully saturated rings. The third kappa shape index (κ3) is 3.94. The van der Waals surface area contributed by atoms with Gasteiger partial charge in [-0.3, -0.25) is 9.59 Å². The van der Waals surface area contributed by atoms with Crippen LogP contribution in [0.4, 0.5) is 11.5 Å². The van der Waals surface area contributed by atoms with Gasteiger partial charge in [-0.25, -0.2) is 0 Å². The van der Waals surface area contributed by atoms with Crippen molar-refractivity contribution in [1.82, 2.24) is 5.16 Å². The van der Waals surface area contributed by atoms with Crippen LogP contribution >= 0.6 is 0 Å². The highest BCUT2D eigenvalue weighted by Crippen LogP contribution is 2.15. The average molecular weight is 301 g/mol. The predicted octanol–water partition coefficient (Wildman–Crippen LogP) is 3.01. The van der Waals surface area contributed by atoms with Gasteiger partial charge in [0.05, 0.1) is 0 Å². The molecule has 22 heavy (non-hydrogen) atoms. The van der Waals surface area contributed by atoms with Gasteiger partial charge in [0.25, 0.3) is 0 Å². The van der Waals surface area contributed by atoms with Gasteiger partial charge in [0.1, 0.15) is 11.8 Å². The minimum Gasteiger partial charge on any atom is -0.374 e. The number of ketones is 1. The first kappa shape index (κ1) is 15.8. The van der Waals surface area contributed by atoms with Crippen LogP contribution in [-0.2, 0) is 4.79 Å². The van der Waals surface area contributed by atoms with Crippen molar-refractivity contribution in [2.45, 2.75) is 33.2 Å². The first-order chi connectivity index (χ1) is 10.5. The van der Waals surface area contributed by atoms with Crippen molar-refractivity contribution in [3.05, 3.63) is 41.7 Å². The van der Waals surface area contributed by atoms with Gasteiger partial charge in [0, 0.05) is 17.3 Å². The molecule has 2 aromatic rings. The maximum atomic E-state index is 12.3. The van der Waals surface area contributed by atoms with Crippen LogP contribution in [0.3, 0.4) is 0 Å². The van der Waals surface area contributed by atoms with Gasteiger partial charge in [0.15, 0.2) is 11.6 Å². The lowest BCUT2D eigenvalue weighted by Gasteiger charge is -2.17. The molecule has 1 atom stereocenters. The normalized spacial score (nSPS) is 11.8. The number of hydrogen-bond acceptors (Lipinski definition) is 5. The van der Waals surface area contributed by atoms with Crippen LogP contribution in [0.25, 0.3) is 0 Å². The molecule has 6 heteroatoms. The second kappa shape index (κ2) is 6.89. The summed E-state index contributed by atoms with van der Waals surface area (Å²) in [6.45, 7) is 5.17. The van der Waals surface area contributed by atoms with Gasteiger partial charge in [-0.15, -0.1) is 0 Å². The van der Waals surface area contributed by atoms with Crippen LogP contribution in [0.15, 0.2) is 34.9 Å². The number of amides is 1. The number of carbonyl (C=O) groups excluding carboxylic acids is 2. The number of hydrogen-bond donors (Lipinski definition) is 2. The first-order valence-corrected chi connectivity index (χ1v) is 7.11. The molecule has 2 rings (SSSR count). The molecule has 1 amide bonds. The molecule has 0 spiro atoms. The van der Waals surface area contributed by atoms with E-state index in [2.05, 4.69) is 15.8 Å². The molecule has 1 aromatic carbocycles. The average Bonchev–Trinajstić information content (AvgIpc) is 2.90. The highest BCUT2D eigenvalue weighted by Gasteiger charge is 2.18. The fraction of sp³-hybridized carbons (Fsp3) is 0.312. The number of aryl methyl sites for hydroxylation is 1. The maximum absolute atomic E-state index is 12.3. The number of nitrogens with one attached hydrogen (secondary N) is 2.